The van der Waals surface area contributed by atoms with Crippen LogP contribution in [-0.2, 0) is 11.3 Å². The molecular formula is C16H15N3O3. The highest BCUT2D eigenvalue weighted by atomic mass is 16.5. The molecule has 0 aliphatic carbocycles. The smallest absolute Gasteiger partial charge is 0.339 e. The number of nitrogens with zero attached hydrogens (tertiary/aromatic N) is 3. The molecule has 112 valence electrons. The fourth-order valence-corrected chi connectivity index (χ4v) is 2.14. The minimum Gasteiger partial charge on any atom is -0.485 e. The van der Waals surface area contributed by atoms with Gasteiger partial charge in [-0.15, -0.1) is 10.2 Å². The quantitative estimate of drug-likeness (QED) is 0.692. The molecule has 0 saturated heterocycles. The van der Waals surface area contributed by atoms with Gasteiger partial charge in [0.15, 0.2) is 11.5 Å². The van der Waals surface area contributed by atoms with Crippen molar-refractivity contribution in [2.24, 2.45) is 0 Å². The third kappa shape index (κ3) is 2.63. The highest BCUT2D eigenvalue weighted by Crippen LogP contribution is 2.18. The van der Waals surface area contributed by atoms with Crippen LogP contribution in [0.2, 0.25) is 0 Å². The number of hydrogen-bond acceptors (Lipinski definition) is 5. The van der Waals surface area contributed by atoms with Crippen LogP contribution in [0.25, 0.3) is 5.65 Å². The van der Waals surface area contributed by atoms with Gasteiger partial charge in [0.1, 0.15) is 12.4 Å². The van der Waals surface area contributed by atoms with Crippen molar-refractivity contribution in [3.8, 4) is 5.75 Å². The Balaban J connectivity index is 1.87. The van der Waals surface area contributed by atoms with Crippen LogP contribution in [0.4, 0.5) is 0 Å². The van der Waals surface area contributed by atoms with Crippen LogP contribution in [0.5, 0.6) is 5.75 Å². The first-order valence-corrected chi connectivity index (χ1v) is 6.79. The summed E-state index contributed by atoms with van der Waals surface area (Å²) in [6.45, 7) is 2.24. The van der Waals surface area contributed by atoms with Gasteiger partial charge in [-0.05, 0) is 30.7 Å². The first-order valence-electron chi connectivity index (χ1n) is 6.79. The molecule has 0 spiro atoms. The average Bonchev–Trinajstić information content (AvgIpc) is 2.95. The fraction of sp³-hybridized carbons (Fsp3) is 0.188. The predicted molar refractivity (Wildman–Crippen MR) is 79.8 cm³/mol. The molecule has 0 saturated carbocycles. The first-order chi connectivity index (χ1) is 10.7. The zero-order valence-corrected chi connectivity index (χ0v) is 12.3. The minimum absolute atomic E-state index is 0.261. The van der Waals surface area contributed by atoms with Crippen LogP contribution in [0.3, 0.4) is 0 Å². The maximum absolute atomic E-state index is 11.6. The molecule has 0 N–H and O–H groups in total. The number of benzene rings is 1. The summed E-state index contributed by atoms with van der Waals surface area (Å²) in [7, 11) is 1.35. The topological polar surface area (TPSA) is 65.7 Å². The van der Waals surface area contributed by atoms with E-state index in [4.69, 9.17) is 9.47 Å². The Morgan fingerprint density at radius 2 is 2.00 bits per heavy atom. The third-order valence-electron chi connectivity index (χ3n) is 3.34. The van der Waals surface area contributed by atoms with E-state index in [-0.39, 0.29) is 6.61 Å². The van der Waals surface area contributed by atoms with Gasteiger partial charge in [-0.1, -0.05) is 18.2 Å². The third-order valence-corrected chi connectivity index (χ3v) is 3.34. The Labute approximate surface area is 127 Å². The Bertz CT molecular complexity index is 826. The summed E-state index contributed by atoms with van der Waals surface area (Å²) in [5, 5.41) is 8.16. The molecule has 0 unspecified atom stereocenters. The summed E-state index contributed by atoms with van der Waals surface area (Å²) in [4.78, 5) is 11.6. The summed E-state index contributed by atoms with van der Waals surface area (Å²) in [6, 6.07) is 11.1. The zero-order chi connectivity index (χ0) is 15.5. The lowest BCUT2D eigenvalue weighted by Gasteiger charge is -2.08. The van der Waals surface area contributed by atoms with Crippen molar-refractivity contribution in [1.82, 2.24) is 14.6 Å². The molecule has 3 aromatic rings. The Morgan fingerprint density at radius 3 is 2.77 bits per heavy atom. The highest BCUT2D eigenvalue weighted by molar-refractivity contribution is 5.89. The van der Waals surface area contributed by atoms with E-state index in [2.05, 4.69) is 10.2 Å². The highest BCUT2D eigenvalue weighted by Gasteiger charge is 2.11. The summed E-state index contributed by atoms with van der Waals surface area (Å²) in [5.41, 5.74) is 2.13. The van der Waals surface area contributed by atoms with E-state index in [1.54, 1.807) is 22.7 Å². The molecule has 0 radical (unpaired) electrons. The molecule has 6 heteroatoms. The molecule has 2 aromatic heterocycles. The summed E-state index contributed by atoms with van der Waals surface area (Å²) < 4.78 is 12.2. The van der Waals surface area contributed by atoms with Gasteiger partial charge < -0.3 is 9.47 Å². The monoisotopic (exact) mass is 297 g/mol. The van der Waals surface area contributed by atoms with Crippen LogP contribution < -0.4 is 4.74 Å². The lowest BCUT2D eigenvalue weighted by Crippen LogP contribution is -2.06. The molecule has 3 rings (SSSR count). The minimum atomic E-state index is -0.402. The molecule has 0 amide bonds. The van der Waals surface area contributed by atoms with Crippen molar-refractivity contribution < 1.29 is 14.3 Å². The molecule has 0 atom stereocenters. The van der Waals surface area contributed by atoms with Crippen molar-refractivity contribution >= 4 is 11.6 Å². The van der Waals surface area contributed by atoms with E-state index >= 15 is 0 Å². The second-order valence-electron chi connectivity index (χ2n) is 4.81. The standard InChI is InChI=1S/C16H15N3O3/c1-11-5-3-4-6-13(11)22-10-15-18-17-14-8-7-12(9-19(14)15)16(20)21-2/h3-9H,10H2,1-2H3. The second-order valence-corrected chi connectivity index (χ2v) is 4.81. The molecule has 0 bridgehead atoms. The largest absolute Gasteiger partial charge is 0.485 e. The number of ether oxygens (including phenoxy) is 2. The lowest BCUT2D eigenvalue weighted by atomic mass is 10.2. The average molecular weight is 297 g/mol. The number of carbonyl (C=O) groups is 1. The Kier molecular flexibility index (Phi) is 3.74. The second kappa shape index (κ2) is 5.85. The van der Waals surface area contributed by atoms with E-state index < -0.39 is 5.97 Å². The normalized spacial score (nSPS) is 10.6. The molecule has 0 aliphatic heterocycles. The number of carbonyl (C=O) groups excluding carboxylic acids is 1. The van der Waals surface area contributed by atoms with Gasteiger partial charge in [-0.2, -0.15) is 0 Å². The molecule has 1 aromatic carbocycles. The number of rotatable bonds is 4. The number of para-hydroxylation sites is 1. The molecule has 22 heavy (non-hydrogen) atoms. The maximum Gasteiger partial charge on any atom is 0.339 e. The van der Waals surface area contributed by atoms with Crippen LogP contribution in [0.15, 0.2) is 42.6 Å². The summed E-state index contributed by atoms with van der Waals surface area (Å²) in [5.74, 6) is 1.01. The predicted octanol–water partition coefficient (Wildman–Crippen LogP) is 2.40. The molecule has 0 aliphatic rings. The zero-order valence-electron chi connectivity index (χ0n) is 12.3. The molecule has 0 fully saturated rings. The van der Waals surface area contributed by atoms with E-state index in [0.717, 1.165) is 11.3 Å². The van der Waals surface area contributed by atoms with Gasteiger partial charge in [-0.25, -0.2) is 4.79 Å². The van der Waals surface area contributed by atoms with Crippen molar-refractivity contribution in [2.75, 3.05) is 7.11 Å². The molecule has 6 nitrogen and oxygen atoms in total. The van der Waals surface area contributed by atoms with E-state index in [1.807, 2.05) is 31.2 Å². The summed E-state index contributed by atoms with van der Waals surface area (Å²) >= 11 is 0. The number of esters is 1. The Hall–Kier alpha value is -2.89. The van der Waals surface area contributed by atoms with E-state index in [1.165, 1.54) is 7.11 Å². The van der Waals surface area contributed by atoms with Gasteiger partial charge in [0.2, 0.25) is 0 Å². The number of pyridine rings is 1. The van der Waals surface area contributed by atoms with Gasteiger partial charge in [0.05, 0.1) is 12.7 Å². The van der Waals surface area contributed by atoms with Crippen molar-refractivity contribution in [1.29, 1.82) is 0 Å². The van der Waals surface area contributed by atoms with Gasteiger partial charge in [-0.3, -0.25) is 4.40 Å². The van der Waals surface area contributed by atoms with Gasteiger partial charge >= 0.3 is 5.97 Å². The van der Waals surface area contributed by atoms with Gasteiger partial charge in [0.25, 0.3) is 0 Å². The number of aryl methyl sites for hydroxylation is 1. The first kappa shape index (κ1) is 14.1. The Morgan fingerprint density at radius 1 is 1.18 bits per heavy atom. The van der Waals surface area contributed by atoms with E-state index in [9.17, 15) is 4.79 Å². The maximum atomic E-state index is 11.6. The van der Waals surface area contributed by atoms with Crippen molar-refractivity contribution in [3.63, 3.8) is 0 Å². The lowest BCUT2D eigenvalue weighted by molar-refractivity contribution is 0.0600. The van der Waals surface area contributed by atoms with Crippen molar-refractivity contribution in [2.45, 2.75) is 13.5 Å². The van der Waals surface area contributed by atoms with Crippen LogP contribution in [0.1, 0.15) is 21.7 Å². The number of fused-ring (bicyclic) bond motifs is 1. The number of aromatic nitrogens is 3. The van der Waals surface area contributed by atoms with Crippen molar-refractivity contribution in [3.05, 3.63) is 59.5 Å². The summed E-state index contributed by atoms with van der Waals surface area (Å²) in [6.07, 6.45) is 1.65. The SMILES string of the molecule is COC(=O)c1ccc2nnc(COc3ccccc3C)n2c1. The van der Waals surface area contributed by atoms with Crippen LogP contribution in [0, 0.1) is 6.92 Å². The number of hydrogen-bond donors (Lipinski definition) is 0. The van der Waals surface area contributed by atoms with Crippen LogP contribution >= 0.6 is 0 Å². The van der Waals surface area contributed by atoms with E-state index in [0.29, 0.717) is 17.0 Å². The molecular weight excluding hydrogens is 282 g/mol. The molecule has 2 heterocycles. The van der Waals surface area contributed by atoms with Gasteiger partial charge in [0, 0.05) is 6.20 Å². The van der Waals surface area contributed by atoms with Crippen LogP contribution in [-0.4, -0.2) is 27.7 Å². The fourth-order valence-electron chi connectivity index (χ4n) is 2.14. The number of methoxy groups -OCH3 is 1.